The number of carbonyl (C=O) groups excluding carboxylic acids is 1. The molecule has 0 unspecified atom stereocenters. The van der Waals surface area contributed by atoms with Gasteiger partial charge in [-0.2, -0.15) is 0 Å². The fourth-order valence-electron chi connectivity index (χ4n) is 1.29. The number of carbonyl (C=O) groups is 1. The van der Waals surface area contributed by atoms with E-state index in [9.17, 15) is 4.79 Å². The molecule has 0 atom stereocenters. The van der Waals surface area contributed by atoms with Crippen LogP contribution in [0.25, 0.3) is 0 Å². The molecule has 0 aromatic carbocycles. The van der Waals surface area contributed by atoms with E-state index in [-0.39, 0.29) is 5.97 Å². The lowest BCUT2D eigenvalue weighted by atomic mass is 10.1. The summed E-state index contributed by atoms with van der Waals surface area (Å²) in [5.41, 5.74) is 0. The molecule has 0 aromatic rings. The van der Waals surface area contributed by atoms with Crippen LogP contribution < -0.4 is 0 Å². The lowest BCUT2D eigenvalue weighted by molar-refractivity contribution is -0.144. The molecule has 0 spiro atoms. The maximum Gasteiger partial charge on any atom is 0.305 e. The van der Waals surface area contributed by atoms with E-state index in [4.69, 9.17) is 4.74 Å². The monoisotopic (exact) mass is 215 g/mol. The van der Waals surface area contributed by atoms with Crippen molar-refractivity contribution in [3.63, 3.8) is 0 Å². The normalized spacial score (nSPS) is 10.7. The van der Waals surface area contributed by atoms with Crippen molar-refractivity contribution in [1.82, 2.24) is 4.90 Å². The largest absolute Gasteiger partial charge is 0.464 e. The summed E-state index contributed by atoms with van der Waals surface area (Å²) >= 11 is 0. The van der Waals surface area contributed by atoms with E-state index < -0.39 is 0 Å². The third kappa shape index (κ3) is 11.4. The Labute approximate surface area is 93.8 Å². The molecule has 0 fully saturated rings. The van der Waals surface area contributed by atoms with E-state index in [1.165, 1.54) is 19.3 Å². The van der Waals surface area contributed by atoms with Gasteiger partial charge in [0.15, 0.2) is 0 Å². The third-order valence-corrected chi connectivity index (χ3v) is 2.29. The molecule has 0 aromatic heterocycles. The SMILES string of the molecule is CCCCCCCC(=O)OCCN(C)C. The number of hydrogen-bond acceptors (Lipinski definition) is 3. The van der Waals surface area contributed by atoms with Gasteiger partial charge < -0.3 is 9.64 Å². The second-order valence-corrected chi connectivity index (χ2v) is 4.19. The van der Waals surface area contributed by atoms with E-state index in [0.717, 1.165) is 19.4 Å². The first-order valence-electron chi connectivity index (χ1n) is 5.97. The molecule has 0 aliphatic heterocycles. The molecule has 0 amide bonds. The van der Waals surface area contributed by atoms with Gasteiger partial charge >= 0.3 is 5.97 Å². The molecule has 0 saturated carbocycles. The molecular weight excluding hydrogens is 190 g/mol. The van der Waals surface area contributed by atoms with E-state index in [0.29, 0.717) is 13.0 Å². The number of nitrogens with zero attached hydrogens (tertiary/aromatic N) is 1. The summed E-state index contributed by atoms with van der Waals surface area (Å²) in [6, 6.07) is 0. The molecule has 0 bridgehead atoms. The first kappa shape index (κ1) is 14.4. The van der Waals surface area contributed by atoms with Crippen molar-refractivity contribution in [2.24, 2.45) is 0 Å². The van der Waals surface area contributed by atoms with Crippen molar-refractivity contribution in [2.75, 3.05) is 27.2 Å². The van der Waals surface area contributed by atoms with Gasteiger partial charge in [-0.3, -0.25) is 4.79 Å². The lowest BCUT2D eigenvalue weighted by Gasteiger charge is -2.09. The highest BCUT2D eigenvalue weighted by molar-refractivity contribution is 5.69. The molecule has 0 N–H and O–H groups in total. The van der Waals surface area contributed by atoms with E-state index in [1.54, 1.807) is 0 Å². The van der Waals surface area contributed by atoms with Crippen LogP contribution in [-0.2, 0) is 9.53 Å². The van der Waals surface area contributed by atoms with Crippen LogP contribution in [0.4, 0.5) is 0 Å². The average molecular weight is 215 g/mol. The highest BCUT2D eigenvalue weighted by atomic mass is 16.5. The molecule has 0 radical (unpaired) electrons. The summed E-state index contributed by atoms with van der Waals surface area (Å²) in [6.07, 6.45) is 6.46. The van der Waals surface area contributed by atoms with Crippen LogP contribution in [0.2, 0.25) is 0 Å². The zero-order chi connectivity index (χ0) is 11.5. The van der Waals surface area contributed by atoms with Gasteiger partial charge in [-0.25, -0.2) is 0 Å². The fourth-order valence-corrected chi connectivity index (χ4v) is 1.29. The Morgan fingerprint density at radius 1 is 1.13 bits per heavy atom. The summed E-state index contributed by atoms with van der Waals surface area (Å²) in [5.74, 6) is -0.0478. The number of ether oxygens (including phenoxy) is 1. The van der Waals surface area contributed by atoms with Crippen LogP contribution in [0.5, 0.6) is 0 Å². The topological polar surface area (TPSA) is 29.5 Å². The van der Waals surface area contributed by atoms with Gasteiger partial charge in [-0.1, -0.05) is 32.6 Å². The van der Waals surface area contributed by atoms with Crippen molar-refractivity contribution >= 4 is 5.97 Å². The van der Waals surface area contributed by atoms with E-state index in [2.05, 4.69) is 6.92 Å². The van der Waals surface area contributed by atoms with Crippen molar-refractivity contribution < 1.29 is 9.53 Å². The summed E-state index contributed by atoms with van der Waals surface area (Å²) in [4.78, 5) is 13.2. The number of rotatable bonds is 9. The molecule has 3 heteroatoms. The average Bonchev–Trinajstić information content (AvgIpc) is 2.17. The van der Waals surface area contributed by atoms with Gasteiger partial charge in [0.05, 0.1) is 0 Å². The second-order valence-electron chi connectivity index (χ2n) is 4.19. The van der Waals surface area contributed by atoms with Gasteiger partial charge in [-0.05, 0) is 20.5 Å². The standard InChI is InChI=1S/C12H25NO2/c1-4-5-6-7-8-9-12(14)15-11-10-13(2)3/h4-11H2,1-3H3. The second kappa shape index (κ2) is 9.97. The molecule has 0 heterocycles. The van der Waals surface area contributed by atoms with Crippen molar-refractivity contribution in [3.8, 4) is 0 Å². The first-order valence-corrected chi connectivity index (χ1v) is 5.97. The smallest absolute Gasteiger partial charge is 0.305 e. The van der Waals surface area contributed by atoms with Gasteiger partial charge in [0.1, 0.15) is 6.61 Å². The van der Waals surface area contributed by atoms with Crippen molar-refractivity contribution in [2.45, 2.75) is 45.4 Å². The minimum Gasteiger partial charge on any atom is -0.464 e. The maximum absolute atomic E-state index is 11.2. The molecular formula is C12H25NO2. The summed E-state index contributed by atoms with van der Waals surface area (Å²) in [5, 5.41) is 0. The third-order valence-electron chi connectivity index (χ3n) is 2.29. The number of esters is 1. The summed E-state index contributed by atoms with van der Waals surface area (Å²) in [7, 11) is 3.94. The number of unbranched alkanes of at least 4 members (excludes halogenated alkanes) is 4. The Kier molecular flexibility index (Phi) is 9.59. The highest BCUT2D eigenvalue weighted by Crippen LogP contribution is 2.05. The quantitative estimate of drug-likeness (QED) is 0.437. The first-order chi connectivity index (χ1) is 7.16. The van der Waals surface area contributed by atoms with Crippen LogP contribution in [0.15, 0.2) is 0 Å². The zero-order valence-corrected chi connectivity index (χ0v) is 10.4. The van der Waals surface area contributed by atoms with Gasteiger partial charge in [0.2, 0.25) is 0 Å². The predicted molar refractivity (Wildman–Crippen MR) is 62.9 cm³/mol. The summed E-state index contributed by atoms with van der Waals surface area (Å²) in [6.45, 7) is 3.51. The van der Waals surface area contributed by atoms with Gasteiger partial charge in [0, 0.05) is 13.0 Å². The number of likely N-dealkylation sites (N-methyl/N-ethyl adjacent to an activating group) is 1. The minimum absolute atomic E-state index is 0.0478. The molecule has 3 nitrogen and oxygen atoms in total. The van der Waals surface area contributed by atoms with Crippen LogP contribution in [0.1, 0.15) is 45.4 Å². The Bertz CT molecular complexity index is 158. The Morgan fingerprint density at radius 2 is 1.80 bits per heavy atom. The number of hydrogen-bond donors (Lipinski definition) is 0. The molecule has 0 saturated heterocycles. The Balaban J connectivity index is 3.19. The van der Waals surface area contributed by atoms with Crippen LogP contribution in [0.3, 0.4) is 0 Å². The fraction of sp³-hybridized carbons (Fsp3) is 0.917. The van der Waals surface area contributed by atoms with Gasteiger partial charge in [-0.15, -0.1) is 0 Å². The Morgan fingerprint density at radius 3 is 2.40 bits per heavy atom. The van der Waals surface area contributed by atoms with Crippen LogP contribution in [-0.4, -0.2) is 38.1 Å². The predicted octanol–water partition coefficient (Wildman–Crippen LogP) is 2.45. The summed E-state index contributed by atoms with van der Waals surface area (Å²) < 4.78 is 5.08. The zero-order valence-electron chi connectivity index (χ0n) is 10.4. The van der Waals surface area contributed by atoms with Crippen LogP contribution >= 0.6 is 0 Å². The molecule has 0 rings (SSSR count). The molecule has 0 aliphatic rings. The molecule has 90 valence electrons. The van der Waals surface area contributed by atoms with E-state index >= 15 is 0 Å². The van der Waals surface area contributed by atoms with E-state index in [1.807, 2.05) is 19.0 Å². The Hall–Kier alpha value is -0.570. The van der Waals surface area contributed by atoms with Crippen LogP contribution in [0, 0.1) is 0 Å². The van der Waals surface area contributed by atoms with Gasteiger partial charge in [0.25, 0.3) is 0 Å². The lowest BCUT2D eigenvalue weighted by Crippen LogP contribution is -2.20. The minimum atomic E-state index is -0.0478. The highest BCUT2D eigenvalue weighted by Gasteiger charge is 2.02. The molecule has 15 heavy (non-hydrogen) atoms. The van der Waals surface area contributed by atoms with Crippen molar-refractivity contribution in [1.29, 1.82) is 0 Å². The molecule has 0 aliphatic carbocycles. The van der Waals surface area contributed by atoms with Crippen molar-refractivity contribution in [3.05, 3.63) is 0 Å². The maximum atomic E-state index is 11.2.